The highest BCUT2D eigenvalue weighted by atomic mass is 127. The second-order valence-corrected chi connectivity index (χ2v) is 6.31. The molecule has 0 bridgehead atoms. The van der Waals surface area contributed by atoms with Crippen LogP contribution < -0.4 is 0 Å². The second kappa shape index (κ2) is 3.77. The number of hydrogen-bond donors (Lipinski definition) is 0. The summed E-state index contributed by atoms with van der Waals surface area (Å²) in [4.78, 5) is 0. The molecule has 0 radical (unpaired) electrons. The molecule has 1 fully saturated rings. The molecule has 78 valence electrons. The molecule has 1 nitrogen and oxygen atoms in total. The summed E-state index contributed by atoms with van der Waals surface area (Å²) >= 11 is 5.95. The summed E-state index contributed by atoms with van der Waals surface area (Å²) in [6.07, 6.45) is 5.09. The zero-order chi connectivity index (χ0) is 10.4. The molecule has 0 saturated heterocycles. The van der Waals surface area contributed by atoms with Crippen molar-refractivity contribution in [2.45, 2.75) is 19.4 Å². The van der Waals surface area contributed by atoms with Crippen LogP contribution in [0.3, 0.4) is 0 Å². The van der Waals surface area contributed by atoms with E-state index in [-0.39, 0.29) is 0 Å². The van der Waals surface area contributed by atoms with Gasteiger partial charge >= 0.3 is 0 Å². The molecule has 0 atom stereocenters. The lowest BCUT2D eigenvalue weighted by Gasteiger charge is -2.03. The minimum atomic E-state index is 0.931. The van der Waals surface area contributed by atoms with Crippen LogP contribution in [0.5, 0.6) is 0 Å². The summed E-state index contributed by atoms with van der Waals surface area (Å²) in [6.45, 7) is 1.20. The van der Waals surface area contributed by atoms with Crippen molar-refractivity contribution >= 4 is 49.4 Å². The highest BCUT2D eigenvalue weighted by Crippen LogP contribution is 2.33. The zero-order valence-electron chi connectivity index (χ0n) is 8.21. The first kappa shape index (κ1) is 10.1. The van der Waals surface area contributed by atoms with Crippen molar-refractivity contribution in [1.29, 1.82) is 0 Å². The molecule has 0 amide bonds. The van der Waals surface area contributed by atoms with Gasteiger partial charge in [0.2, 0.25) is 0 Å². The predicted molar refractivity (Wildman–Crippen MR) is 75.1 cm³/mol. The maximum absolute atomic E-state index is 3.53. The Morgan fingerprint density at radius 1 is 1.40 bits per heavy atom. The Morgan fingerprint density at radius 2 is 2.20 bits per heavy atom. The van der Waals surface area contributed by atoms with E-state index in [0.29, 0.717) is 0 Å². The Kier molecular flexibility index (Phi) is 2.55. The van der Waals surface area contributed by atoms with Crippen molar-refractivity contribution in [2.75, 3.05) is 0 Å². The van der Waals surface area contributed by atoms with Crippen LogP contribution in [0.15, 0.2) is 28.9 Å². The topological polar surface area (TPSA) is 4.93 Å². The lowest BCUT2D eigenvalue weighted by atomic mass is 10.2. The van der Waals surface area contributed by atoms with E-state index in [1.54, 1.807) is 0 Å². The van der Waals surface area contributed by atoms with Crippen molar-refractivity contribution < 1.29 is 0 Å². The highest BCUT2D eigenvalue weighted by Gasteiger charge is 2.22. The maximum Gasteiger partial charge on any atom is 0.0492 e. The van der Waals surface area contributed by atoms with Gasteiger partial charge in [0.15, 0.2) is 0 Å². The lowest BCUT2D eigenvalue weighted by Crippen LogP contribution is -1.96. The number of fused-ring (bicyclic) bond motifs is 1. The SMILES string of the molecule is Brc1ccc2c(c1)c(I)cn2CC1CC1. The third-order valence-electron chi connectivity index (χ3n) is 2.95. The van der Waals surface area contributed by atoms with Gasteiger partial charge < -0.3 is 4.57 Å². The zero-order valence-corrected chi connectivity index (χ0v) is 12.0. The van der Waals surface area contributed by atoms with Gasteiger partial charge in [-0.25, -0.2) is 0 Å². The van der Waals surface area contributed by atoms with E-state index >= 15 is 0 Å². The fourth-order valence-electron chi connectivity index (χ4n) is 1.96. The molecule has 3 rings (SSSR count). The van der Waals surface area contributed by atoms with E-state index in [2.05, 4.69) is 67.5 Å². The van der Waals surface area contributed by atoms with Crippen LogP contribution in [0, 0.1) is 9.49 Å². The first-order chi connectivity index (χ1) is 7.24. The average Bonchev–Trinajstić information content (AvgIpc) is 2.95. The Balaban J connectivity index is 2.13. The van der Waals surface area contributed by atoms with Gasteiger partial charge in [-0.05, 0) is 59.5 Å². The van der Waals surface area contributed by atoms with E-state index in [1.165, 1.54) is 33.9 Å². The molecule has 0 unspecified atom stereocenters. The van der Waals surface area contributed by atoms with Crippen molar-refractivity contribution in [3.8, 4) is 0 Å². The molecule has 1 aliphatic rings. The quantitative estimate of drug-likeness (QED) is 0.685. The maximum atomic E-state index is 3.53. The number of hydrogen-bond acceptors (Lipinski definition) is 0. The van der Waals surface area contributed by atoms with E-state index in [0.717, 1.165) is 10.4 Å². The number of halogens is 2. The van der Waals surface area contributed by atoms with Gasteiger partial charge in [-0.15, -0.1) is 0 Å². The number of benzene rings is 1. The van der Waals surface area contributed by atoms with E-state index < -0.39 is 0 Å². The van der Waals surface area contributed by atoms with E-state index in [9.17, 15) is 0 Å². The molecule has 15 heavy (non-hydrogen) atoms. The van der Waals surface area contributed by atoms with Crippen LogP contribution in [0.4, 0.5) is 0 Å². The average molecular weight is 376 g/mol. The van der Waals surface area contributed by atoms with Gasteiger partial charge in [0.25, 0.3) is 0 Å². The monoisotopic (exact) mass is 375 g/mol. The molecule has 2 aromatic rings. The Bertz CT molecular complexity index is 514. The Morgan fingerprint density at radius 3 is 2.93 bits per heavy atom. The summed E-state index contributed by atoms with van der Waals surface area (Å²) in [5, 5.41) is 1.37. The van der Waals surface area contributed by atoms with Gasteiger partial charge in [-0.3, -0.25) is 0 Å². The van der Waals surface area contributed by atoms with Gasteiger partial charge in [0.05, 0.1) is 0 Å². The molecule has 0 spiro atoms. The molecular formula is C12H11BrIN. The number of nitrogens with zero attached hydrogens (tertiary/aromatic N) is 1. The van der Waals surface area contributed by atoms with Gasteiger partial charge in [-0.1, -0.05) is 15.9 Å². The van der Waals surface area contributed by atoms with Crippen molar-refractivity contribution in [1.82, 2.24) is 4.57 Å². The fraction of sp³-hybridized carbons (Fsp3) is 0.333. The van der Waals surface area contributed by atoms with E-state index in [4.69, 9.17) is 0 Å². The Hall–Kier alpha value is -0.0300. The van der Waals surface area contributed by atoms with Crippen LogP contribution in [0.1, 0.15) is 12.8 Å². The third-order valence-corrected chi connectivity index (χ3v) is 4.30. The smallest absolute Gasteiger partial charge is 0.0492 e. The standard InChI is InChI=1S/C12H11BrIN/c13-9-3-4-12-10(5-9)11(14)7-15(12)6-8-1-2-8/h3-5,7-8H,1-2,6H2. The summed E-state index contributed by atoms with van der Waals surface area (Å²) in [5.74, 6) is 0.931. The summed E-state index contributed by atoms with van der Waals surface area (Å²) in [6, 6.07) is 6.55. The predicted octanol–water partition coefficient (Wildman–Crippen LogP) is 4.42. The molecule has 1 saturated carbocycles. The van der Waals surface area contributed by atoms with Crippen LogP contribution in [0.25, 0.3) is 10.9 Å². The minimum absolute atomic E-state index is 0.931. The van der Waals surface area contributed by atoms with Crippen molar-refractivity contribution in [3.05, 3.63) is 32.4 Å². The Labute approximate surface area is 111 Å². The molecule has 1 aromatic carbocycles. The van der Waals surface area contributed by atoms with Gasteiger partial charge in [0, 0.05) is 31.7 Å². The molecule has 1 heterocycles. The van der Waals surface area contributed by atoms with Gasteiger partial charge in [-0.2, -0.15) is 0 Å². The second-order valence-electron chi connectivity index (χ2n) is 4.23. The van der Waals surface area contributed by atoms with Crippen LogP contribution in [0.2, 0.25) is 0 Å². The normalized spacial score (nSPS) is 16.1. The van der Waals surface area contributed by atoms with Crippen molar-refractivity contribution in [2.24, 2.45) is 5.92 Å². The summed E-state index contributed by atoms with van der Waals surface area (Å²) in [7, 11) is 0. The molecule has 0 N–H and O–H groups in total. The molecular weight excluding hydrogens is 365 g/mol. The van der Waals surface area contributed by atoms with Crippen LogP contribution in [-0.4, -0.2) is 4.57 Å². The van der Waals surface area contributed by atoms with Crippen LogP contribution in [-0.2, 0) is 6.54 Å². The molecule has 3 heteroatoms. The van der Waals surface area contributed by atoms with Crippen LogP contribution >= 0.6 is 38.5 Å². The number of aromatic nitrogens is 1. The van der Waals surface area contributed by atoms with Crippen molar-refractivity contribution in [3.63, 3.8) is 0 Å². The summed E-state index contributed by atoms with van der Waals surface area (Å²) in [5.41, 5.74) is 1.37. The highest BCUT2D eigenvalue weighted by molar-refractivity contribution is 14.1. The first-order valence-corrected chi connectivity index (χ1v) is 7.05. The first-order valence-electron chi connectivity index (χ1n) is 5.18. The fourth-order valence-corrected chi connectivity index (χ4v) is 3.08. The summed E-state index contributed by atoms with van der Waals surface area (Å²) < 4.78 is 4.92. The minimum Gasteiger partial charge on any atom is -0.346 e. The number of rotatable bonds is 2. The van der Waals surface area contributed by atoms with E-state index in [1.807, 2.05) is 0 Å². The lowest BCUT2D eigenvalue weighted by molar-refractivity contribution is 0.646. The molecule has 0 aliphatic heterocycles. The van der Waals surface area contributed by atoms with Gasteiger partial charge in [0.1, 0.15) is 0 Å². The molecule has 1 aliphatic carbocycles. The largest absolute Gasteiger partial charge is 0.346 e. The molecule has 1 aromatic heterocycles. The third kappa shape index (κ3) is 1.96.